The van der Waals surface area contributed by atoms with Gasteiger partial charge in [0, 0.05) is 24.8 Å². The number of hydrogen-bond acceptors (Lipinski definition) is 3. The third-order valence-corrected chi connectivity index (χ3v) is 3.88. The molecule has 5 heteroatoms. The Morgan fingerprint density at radius 3 is 2.85 bits per heavy atom. The lowest BCUT2D eigenvalue weighted by Crippen LogP contribution is -2.30. The van der Waals surface area contributed by atoms with E-state index in [0.29, 0.717) is 13.0 Å². The molecule has 0 radical (unpaired) electrons. The van der Waals surface area contributed by atoms with Crippen LogP contribution in [-0.4, -0.2) is 29.5 Å². The van der Waals surface area contributed by atoms with Crippen molar-refractivity contribution in [3.05, 3.63) is 23.8 Å². The molecule has 0 bridgehead atoms. The highest BCUT2D eigenvalue weighted by atomic mass is 79.9. The van der Waals surface area contributed by atoms with Gasteiger partial charge in [-0.25, -0.2) is 0 Å². The second-order valence-corrected chi connectivity index (χ2v) is 5.53. The smallest absolute Gasteiger partial charge is 0.231 e. The molecule has 1 aromatic carbocycles. The van der Waals surface area contributed by atoms with Crippen molar-refractivity contribution in [1.82, 2.24) is 4.90 Å². The van der Waals surface area contributed by atoms with Crippen LogP contribution in [-0.2, 0) is 11.3 Å². The summed E-state index contributed by atoms with van der Waals surface area (Å²) < 4.78 is 10.7. The van der Waals surface area contributed by atoms with E-state index in [1.54, 1.807) is 0 Å². The molecule has 0 saturated heterocycles. The lowest BCUT2D eigenvalue weighted by molar-refractivity contribution is -0.131. The molecular formula is C15H20BrNO3. The Morgan fingerprint density at radius 2 is 2.10 bits per heavy atom. The SMILES string of the molecule is CCN(Cc1ccc2c(c1)OCO2)C(=O)CCCCBr. The molecule has 4 nitrogen and oxygen atoms in total. The first-order valence-corrected chi connectivity index (χ1v) is 8.09. The van der Waals surface area contributed by atoms with Crippen molar-refractivity contribution in [3.8, 4) is 11.5 Å². The maximum absolute atomic E-state index is 12.1. The van der Waals surface area contributed by atoms with Crippen LogP contribution in [0, 0.1) is 0 Å². The first-order valence-electron chi connectivity index (χ1n) is 6.97. The second kappa shape index (κ2) is 7.53. The minimum absolute atomic E-state index is 0.214. The maximum atomic E-state index is 12.1. The average molecular weight is 342 g/mol. The van der Waals surface area contributed by atoms with Crippen molar-refractivity contribution in [3.63, 3.8) is 0 Å². The van der Waals surface area contributed by atoms with Crippen molar-refractivity contribution in [2.24, 2.45) is 0 Å². The summed E-state index contributed by atoms with van der Waals surface area (Å²) in [5.41, 5.74) is 1.07. The summed E-state index contributed by atoms with van der Waals surface area (Å²) in [6.45, 7) is 3.64. The van der Waals surface area contributed by atoms with Gasteiger partial charge in [-0.2, -0.15) is 0 Å². The molecule has 110 valence electrons. The first-order chi connectivity index (χ1) is 9.74. The number of nitrogens with zero attached hydrogens (tertiary/aromatic N) is 1. The summed E-state index contributed by atoms with van der Waals surface area (Å²) in [5, 5.41) is 0.953. The van der Waals surface area contributed by atoms with Gasteiger partial charge in [-0.1, -0.05) is 22.0 Å². The third kappa shape index (κ3) is 3.88. The van der Waals surface area contributed by atoms with E-state index in [0.717, 1.165) is 41.8 Å². The largest absolute Gasteiger partial charge is 0.454 e. The Kier molecular flexibility index (Phi) is 5.71. The quantitative estimate of drug-likeness (QED) is 0.564. The topological polar surface area (TPSA) is 38.8 Å². The highest BCUT2D eigenvalue weighted by Crippen LogP contribution is 2.32. The number of amides is 1. The van der Waals surface area contributed by atoms with Gasteiger partial charge in [-0.3, -0.25) is 4.79 Å². The highest BCUT2D eigenvalue weighted by molar-refractivity contribution is 9.09. The third-order valence-electron chi connectivity index (χ3n) is 3.32. The van der Waals surface area contributed by atoms with Crippen molar-refractivity contribution in [2.75, 3.05) is 18.7 Å². The van der Waals surface area contributed by atoms with E-state index in [-0.39, 0.29) is 12.7 Å². The maximum Gasteiger partial charge on any atom is 0.231 e. The van der Waals surface area contributed by atoms with E-state index in [2.05, 4.69) is 15.9 Å². The summed E-state index contributed by atoms with van der Waals surface area (Å²) in [6.07, 6.45) is 2.58. The lowest BCUT2D eigenvalue weighted by Gasteiger charge is -2.21. The van der Waals surface area contributed by atoms with Gasteiger partial charge in [-0.05, 0) is 37.5 Å². The van der Waals surface area contributed by atoms with Gasteiger partial charge in [0.15, 0.2) is 11.5 Å². The van der Waals surface area contributed by atoms with E-state index < -0.39 is 0 Å². The monoisotopic (exact) mass is 341 g/mol. The zero-order valence-corrected chi connectivity index (χ0v) is 13.3. The van der Waals surface area contributed by atoms with Crippen LogP contribution >= 0.6 is 15.9 Å². The van der Waals surface area contributed by atoms with Crippen LogP contribution in [0.5, 0.6) is 11.5 Å². The number of unbranched alkanes of at least 4 members (excludes halogenated alkanes) is 1. The van der Waals surface area contributed by atoms with E-state index in [1.165, 1.54) is 0 Å². The molecule has 1 aromatic rings. The van der Waals surface area contributed by atoms with Gasteiger partial charge >= 0.3 is 0 Å². The summed E-state index contributed by atoms with van der Waals surface area (Å²) in [6, 6.07) is 5.85. The molecule has 0 aliphatic carbocycles. The average Bonchev–Trinajstić information content (AvgIpc) is 2.92. The Labute approximate surface area is 128 Å². The number of alkyl halides is 1. The predicted molar refractivity (Wildman–Crippen MR) is 81.3 cm³/mol. The minimum atomic E-state index is 0.214. The van der Waals surface area contributed by atoms with Gasteiger partial charge in [0.1, 0.15) is 0 Å². The van der Waals surface area contributed by atoms with Crippen LogP contribution in [0.25, 0.3) is 0 Å². The molecule has 0 unspecified atom stereocenters. The fourth-order valence-electron chi connectivity index (χ4n) is 2.16. The van der Waals surface area contributed by atoms with Crippen molar-refractivity contribution in [2.45, 2.75) is 32.7 Å². The number of carbonyl (C=O) groups is 1. The predicted octanol–water partition coefficient (Wildman–Crippen LogP) is 3.33. The van der Waals surface area contributed by atoms with Gasteiger partial charge in [0.25, 0.3) is 0 Å². The highest BCUT2D eigenvalue weighted by Gasteiger charge is 2.16. The van der Waals surface area contributed by atoms with Gasteiger partial charge < -0.3 is 14.4 Å². The van der Waals surface area contributed by atoms with Crippen LogP contribution in [0.1, 0.15) is 31.7 Å². The Hall–Kier alpha value is -1.23. The molecule has 0 aromatic heterocycles. The summed E-state index contributed by atoms with van der Waals surface area (Å²) in [4.78, 5) is 14.0. The molecule has 1 amide bonds. The normalized spacial score (nSPS) is 12.5. The standard InChI is InChI=1S/C15H20BrNO3/c1-2-17(15(18)5-3-4-8-16)10-12-6-7-13-14(9-12)20-11-19-13/h6-7,9H,2-5,8,10-11H2,1H3. The van der Waals surface area contributed by atoms with Crippen LogP contribution in [0.15, 0.2) is 18.2 Å². The fourth-order valence-corrected chi connectivity index (χ4v) is 2.56. The number of ether oxygens (including phenoxy) is 2. The Balaban J connectivity index is 1.94. The molecule has 1 heterocycles. The number of halogens is 1. The van der Waals surface area contributed by atoms with Crippen LogP contribution < -0.4 is 9.47 Å². The Morgan fingerprint density at radius 1 is 1.30 bits per heavy atom. The Bertz CT molecular complexity index is 464. The number of carbonyl (C=O) groups excluding carboxylic acids is 1. The number of rotatable bonds is 7. The van der Waals surface area contributed by atoms with E-state index in [4.69, 9.17) is 9.47 Å². The first kappa shape index (κ1) is 15.2. The van der Waals surface area contributed by atoms with E-state index >= 15 is 0 Å². The molecular weight excluding hydrogens is 322 g/mol. The molecule has 0 saturated carbocycles. The molecule has 0 N–H and O–H groups in total. The fraction of sp³-hybridized carbons (Fsp3) is 0.533. The zero-order chi connectivity index (χ0) is 14.4. The van der Waals surface area contributed by atoms with E-state index in [9.17, 15) is 4.79 Å². The van der Waals surface area contributed by atoms with Crippen molar-refractivity contribution < 1.29 is 14.3 Å². The van der Waals surface area contributed by atoms with E-state index in [1.807, 2.05) is 30.0 Å². The van der Waals surface area contributed by atoms with Crippen LogP contribution in [0.4, 0.5) is 0 Å². The number of fused-ring (bicyclic) bond motifs is 1. The molecule has 0 fully saturated rings. The molecule has 1 aliphatic heterocycles. The summed E-state index contributed by atoms with van der Waals surface area (Å²) >= 11 is 3.39. The molecule has 0 spiro atoms. The van der Waals surface area contributed by atoms with Gasteiger partial charge in [0.2, 0.25) is 12.7 Å². The molecule has 1 aliphatic rings. The number of benzene rings is 1. The zero-order valence-electron chi connectivity index (χ0n) is 11.7. The van der Waals surface area contributed by atoms with Gasteiger partial charge in [0.05, 0.1) is 0 Å². The van der Waals surface area contributed by atoms with Crippen LogP contribution in [0.3, 0.4) is 0 Å². The minimum Gasteiger partial charge on any atom is -0.454 e. The van der Waals surface area contributed by atoms with Crippen molar-refractivity contribution in [1.29, 1.82) is 0 Å². The molecule has 2 rings (SSSR count). The molecule has 0 atom stereocenters. The summed E-state index contributed by atoms with van der Waals surface area (Å²) in [7, 11) is 0. The summed E-state index contributed by atoms with van der Waals surface area (Å²) in [5.74, 6) is 1.76. The number of hydrogen-bond donors (Lipinski definition) is 0. The second-order valence-electron chi connectivity index (χ2n) is 4.74. The van der Waals surface area contributed by atoms with Crippen LogP contribution in [0.2, 0.25) is 0 Å². The lowest BCUT2D eigenvalue weighted by atomic mass is 10.1. The molecule has 20 heavy (non-hydrogen) atoms. The van der Waals surface area contributed by atoms with Gasteiger partial charge in [-0.15, -0.1) is 0 Å². The van der Waals surface area contributed by atoms with Crippen molar-refractivity contribution >= 4 is 21.8 Å².